The van der Waals surface area contributed by atoms with Gasteiger partial charge in [0, 0.05) is 30.5 Å². The number of benzene rings is 1. The molecule has 5 rings (SSSR count). The van der Waals surface area contributed by atoms with Crippen LogP contribution in [0.1, 0.15) is 41.3 Å². The molecule has 1 aliphatic heterocycles. The largest absolute Gasteiger partial charge is 0.486 e. The molecule has 2 atom stereocenters. The Labute approximate surface area is 205 Å². The number of nitrogens with one attached hydrogen (secondary N) is 2. The van der Waals surface area contributed by atoms with Crippen molar-refractivity contribution in [1.82, 2.24) is 30.0 Å². The number of piperidine rings is 1. The number of hydrogen-bond donors (Lipinski definition) is 2. The third-order valence-corrected chi connectivity index (χ3v) is 6.11. The molecule has 11 nitrogen and oxygen atoms in total. The van der Waals surface area contributed by atoms with Crippen LogP contribution >= 0.6 is 0 Å². The van der Waals surface area contributed by atoms with Gasteiger partial charge >= 0.3 is 0 Å². The molecule has 2 N–H and O–H groups in total. The fraction of sp³-hybridized carbons (Fsp3) is 0.375. The number of aryl methyl sites for hydroxylation is 1. The summed E-state index contributed by atoms with van der Waals surface area (Å²) in [6.45, 7) is 1.78. The van der Waals surface area contributed by atoms with Crippen LogP contribution in [-0.4, -0.2) is 67.2 Å². The second-order valence-corrected chi connectivity index (χ2v) is 8.82. The first kappa shape index (κ1) is 23.3. The first-order valence-electron chi connectivity index (χ1n) is 11.6. The molecular weight excluding hydrogens is 467 g/mol. The second-order valence-electron chi connectivity index (χ2n) is 8.82. The third-order valence-electron chi connectivity index (χ3n) is 6.11. The topological polar surface area (TPSA) is 150 Å². The predicted octanol–water partition coefficient (Wildman–Crippen LogP) is 2.42. The van der Waals surface area contributed by atoms with Gasteiger partial charge in [-0.05, 0) is 38.0 Å². The summed E-state index contributed by atoms with van der Waals surface area (Å²) in [5.41, 5.74) is 1.37. The minimum absolute atomic E-state index is 0.0423. The van der Waals surface area contributed by atoms with E-state index in [-0.39, 0.29) is 48.5 Å². The molecule has 0 spiro atoms. The number of nitrogens with zero attached hydrogens (tertiary/aromatic N) is 6. The highest BCUT2D eigenvalue weighted by Gasteiger charge is 2.35. The van der Waals surface area contributed by atoms with Crippen LogP contribution in [0.25, 0.3) is 11.3 Å². The fourth-order valence-corrected chi connectivity index (χ4v) is 3.99. The summed E-state index contributed by atoms with van der Waals surface area (Å²) in [5.74, 6) is 0.694. The van der Waals surface area contributed by atoms with Gasteiger partial charge in [0.15, 0.2) is 6.17 Å². The zero-order chi connectivity index (χ0) is 25.2. The molecule has 1 saturated carbocycles. The second kappa shape index (κ2) is 9.69. The summed E-state index contributed by atoms with van der Waals surface area (Å²) in [6, 6.07) is 8.63. The van der Waals surface area contributed by atoms with Crippen LogP contribution in [0.15, 0.2) is 30.6 Å². The Morgan fingerprint density at radius 1 is 1.25 bits per heavy atom. The SMILES string of the molecule is Cc1n[nH]c(C(=O)N2CC[C@H](Oc3ccc(-c4cc(NC(=O)C5CC5)ncn4)cc3C#N)[C@H](F)C2)n1. The lowest BCUT2D eigenvalue weighted by Gasteiger charge is -2.34. The van der Waals surface area contributed by atoms with Gasteiger partial charge in [0.1, 0.15) is 35.9 Å². The van der Waals surface area contributed by atoms with E-state index in [9.17, 15) is 19.2 Å². The molecule has 3 heterocycles. The Bertz CT molecular complexity index is 1350. The molecule has 184 valence electrons. The van der Waals surface area contributed by atoms with Crippen molar-refractivity contribution in [3.8, 4) is 23.1 Å². The highest BCUT2D eigenvalue weighted by atomic mass is 19.1. The van der Waals surface area contributed by atoms with Crippen LogP contribution in [0.2, 0.25) is 0 Å². The summed E-state index contributed by atoms with van der Waals surface area (Å²) >= 11 is 0. The maximum Gasteiger partial charge on any atom is 0.291 e. The van der Waals surface area contributed by atoms with E-state index in [4.69, 9.17) is 4.74 Å². The number of amides is 2. The van der Waals surface area contributed by atoms with Gasteiger partial charge in [0.25, 0.3) is 5.91 Å². The van der Waals surface area contributed by atoms with Crippen molar-refractivity contribution in [1.29, 1.82) is 5.26 Å². The number of carbonyl (C=O) groups excluding carboxylic acids is 2. The number of H-pyrrole nitrogens is 1. The average molecular weight is 490 g/mol. The highest BCUT2D eigenvalue weighted by molar-refractivity contribution is 5.93. The zero-order valence-corrected chi connectivity index (χ0v) is 19.4. The third kappa shape index (κ3) is 5.00. The van der Waals surface area contributed by atoms with Gasteiger partial charge in [-0.15, -0.1) is 0 Å². The number of rotatable bonds is 6. The van der Waals surface area contributed by atoms with E-state index in [0.29, 0.717) is 22.9 Å². The van der Waals surface area contributed by atoms with E-state index in [1.807, 2.05) is 0 Å². The molecule has 0 radical (unpaired) electrons. The molecule has 36 heavy (non-hydrogen) atoms. The van der Waals surface area contributed by atoms with Gasteiger partial charge in [-0.3, -0.25) is 14.7 Å². The number of ether oxygens (including phenoxy) is 1. The quantitative estimate of drug-likeness (QED) is 0.535. The van der Waals surface area contributed by atoms with Crippen LogP contribution in [0.5, 0.6) is 5.75 Å². The average Bonchev–Trinajstić information content (AvgIpc) is 3.65. The molecule has 0 bridgehead atoms. The van der Waals surface area contributed by atoms with E-state index in [1.165, 1.54) is 11.2 Å². The van der Waals surface area contributed by atoms with E-state index in [0.717, 1.165) is 12.8 Å². The van der Waals surface area contributed by atoms with Crippen molar-refractivity contribution >= 4 is 17.6 Å². The van der Waals surface area contributed by atoms with E-state index >= 15 is 0 Å². The van der Waals surface area contributed by atoms with Crippen molar-refractivity contribution in [3.63, 3.8) is 0 Å². The van der Waals surface area contributed by atoms with Gasteiger partial charge in [-0.25, -0.2) is 19.3 Å². The summed E-state index contributed by atoms with van der Waals surface area (Å²) in [5, 5.41) is 18.9. The zero-order valence-electron chi connectivity index (χ0n) is 19.4. The first-order valence-corrected chi connectivity index (χ1v) is 11.6. The first-order chi connectivity index (χ1) is 17.4. The van der Waals surface area contributed by atoms with Gasteiger partial charge in [0.2, 0.25) is 11.7 Å². The normalized spacial score (nSPS) is 19.4. The van der Waals surface area contributed by atoms with E-state index in [2.05, 4.69) is 36.5 Å². The molecule has 1 saturated heterocycles. The number of alkyl halides is 1. The van der Waals surface area contributed by atoms with Gasteiger partial charge in [0.05, 0.1) is 17.8 Å². The summed E-state index contributed by atoms with van der Waals surface area (Å²) in [7, 11) is 0. The lowest BCUT2D eigenvalue weighted by molar-refractivity contribution is -0.117. The number of nitriles is 1. The van der Waals surface area contributed by atoms with Crippen molar-refractivity contribution in [2.45, 2.75) is 38.5 Å². The molecule has 2 aromatic heterocycles. The maximum absolute atomic E-state index is 15.0. The Morgan fingerprint density at radius 2 is 2.08 bits per heavy atom. The molecule has 2 fully saturated rings. The van der Waals surface area contributed by atoms with E-state index in [1.54, 1.807) is 31.2 Å². The smallest absolute Gasteiger partial charge is 0.291 e. The number of hydrogen-bond acceptors (Lipinski definition) is 8. The predicted molar refractivity (Wildman–Crippen MR) is 124 cm³/mol. The van der Waals surface area contributed by atoms with Crippen LogP contribution in [0.4, 0.5) is 10.2 Å². The number of anilines is 1. The maximum atomic E-state index is 15.0. The Balaban J connectivity index is 1.26. The number of likely N-dealkylation sites (tertiary alicyclic amines) is 1. The molecule has 1 aromatic carbocycles. The molecule has 1 aliphatic carbocycles. The summed E-state index contributed by atoms with van der Waals surface area (Å²) in [4.78, 5) is 38.2. The molecular formula is C24H23FN8O3. The molecule has 2 amide bonds. The summed E-state index contributed by atoms with van der Waals surface area (Å²) < 4.78 is 20.8. The van der Waals surface area contributed by atoms with Crippen molar-refractivity contribution < 1.29 is 18.7 Å². The molecule has 2 aliphatic rings. The lowest BCUT2D eigenvalue weighted by atomic mass is 10.0. The van der Waals surface area contributed by atoms with E-state index < -0.39 is 18.2 Å². The van der Waals surface area contributed by atoms with Gasteiger partial charge in [-0.1, -0.05) is 0 Å². The Morgan fingerprint density at radius 3 is 2.78 bits per heavy atom. The highest BCUT2D eigenvalue weighted by Crippen LogP contribution is 2.31. The van der Waals surface area contributed by atoms with Crippen LogP contribution < -0.4 is 10.1 Å². The van der Waals surface area contributed by atoms with Crippen molar-refractivity contribution in [2.75, 3.05) is 18.4 Å². The molecule has 3 aromatic rings. The van der Waals surface area contributed by atoms with Gasteiger partial charge in [-0.2, -0.15) is 10.4 Å². The standard InChI is InChI=1S/C24H23FN8O3/c1-13-29-22(32-31-13)24(35)33-7-6-20(17(25)11-33)36-19-5-4-15(8-16(19)10-26)18-9-21(28-12-27-18)30-23(34)14-2-3-14/h4-5,8-9,12,14,17,20H,2-3,6-7,11H2,1H3,(H,29,31,32)(H,27,28,30,34)/t17-,20+/m1/s1. The number of carbonyl (C=O) groups is 2. The lowest BCUT2D eigenvalue weighted by Crippen LogP contribution is -2.49. The Kier molecular flexibility index (Phi) is 6.28. The van der Waals surface area contributed by atoms with Crippen molar-refractivity contribution in [2.24, 2.45) is 5.92 Å². The fourth-order valence-electron chi connectivity index (χ4n) is 3.99. The minimum atomic E-state index is -1.45. The van der Waals surface area contributed by atoms with Crippen molar-refractivity contribution in [3.05, 3.63) is 47.8 Å². The number of aromatic amines is 1. The molecule has 0 unspecified atom stereocenters. The number of aromatic nitrogens is 5. The monoisotopic (exact) mass is 490 g/mol. The Hall–Kier alpha value is -4.40. The molecule has 12 heteroatoms. The van der Waals surface area contributed by atoms with Crippen LogP contribution in [0.3, 0.4) is 0 Å². The van der Waals surface area contributed by atoms with Gasteiger partial charge < -0.3 is 15.0 Å². The van der Waals surface area contributed by atoms with Crippen LogP contribution in [-0.2, 0) is 4.79 Å². The minimum Gasteiger partial charge on any atom is -0.486 e. The van der Waals surface area contributed by atoms with Crippen LogP contribution in [0, 0.1) is 24.2 Å². The number of halogens is 1. The summed E-state index contributed by atoms with van der Waals surface area (Å²) in [6.07, 6.45) is 1.10.